The number of aliphatic hydroxyl groups is 2. The van der Waals surface area contributed by atoms with Crippen LogP contribution in [0.25, 0.3) is 0 Å². The van der Waals surface area contributed by atoms with Crippen LogP contribution in [0.4, 0.5) is 0 Å². The van der Waals surface area contributed by atoms with Crippen LogP contribution < -0.4 is 4.74 Å². The van der Waals surface area contributed by atoms with Gasteiger partial charge in [0.2, 0.25) is 0 Å². The summed E-state index contributed by atoms with van der Waals surface area (Å²) in [5, 5.41) is 20.4. The van der Waals surface area contributed by atoms with Crippen LogP contribution in [0.3, 0.4) is 0 Å². The molecule has 4 heteroatoms. The fourth-order valence-electron chi connectivity index (χ4n) is 1.40. The van der Waals surface area contributed by atoms with Crippen molar-refractivity contribution in [1.29, 1.82) is 0 Å². The minimum Gasteiger partial charge on any atom is -0.495 e. The summed E-state index contributed by atoms with van der Waals surface area (Å²) in [6.45, 7) is 3.41. The van der Waals surface area contributed by atoms with Crippen molar-refractivity contribution >= 4 is 11.6 Å². The number of hydrogen-bond donors (Lipinski definition) is 2. The smallest absolute Gasteiger partial charge is 0.137 e. The molecule has 90 valence electrons. The molecule has 0 fully saturated rings. The number of halogens is 1. The van der Waals surface area contributed by atoms with E-state index in [0.717, 1.165) is 0 Å². The van der Waals surface area contributed by atoms with Gasteiger partial charge in [0.1, 0.15) is 11.9 Å². The molecule has 16 heavy (non-hydrogen) atoms. The number of benzene rings is 1. The lowest BCUT2D eigenvalue weighted by Crippen LogP contribution is -2.31. The maximum absolute atomic E-state index is 10.0. The summed E-state index contributed by atoms with van der Waals surface area (Å²) in [5.41, 5.74) is -0.563. The van der Waals surface area contributed by atoms with Crippen LogP contribution in [0.5, 0.6) is 5.75 Å². The Bertz CT molecular complexity index is 363. The van der Waals surface area contributed by atoms with Crippen LogP contribution in [0.2, 0.25) is 5.02 Å². The molecule has 1 rings (SSSR count). The van der Waals surface area contributed by atoms with E-state index in [1.165, 1.54) is 7.11 Å². The van der Waals surface area contributed by atoms with E-state index in [1.807, 2.05) is 6.92 Å². The maximum Gasteiger partial charge on any atom is 0.137 e. The molecule has 1 aromatic rings. The van der Waals surface area contributed by atoms with Gasteiger partial charge < -0.3 is 14.9 Å². The lowest BCUT2D eigenvalue weighted by Gasteiger charge is -2.28. The molecule has 0 radical (unpaired) electrons. The van der Waals surface area contributed by atoms with Gasteiger partial charge in [-0.15, -0.1) is 0 Å². The highest BCUT2D eigenvalue weighted by atomic mass is 35.5. The molecule has 2 N–H and O–H groups in total. The quantitative estimate of drug-likeness (QED) is 0.856. The summed E-state index contributed by atoms with van der Waals surface area (Å²) in [6, 6.07) is 4.96. The van der Waals surface area contributed by atoms with Crippen molar-refractivity contribution in [3.63, 3.8) is 0 Å². The van der Waals surface area contributed by atoms with Crippen LogP contribution in [0, 0.1) is 0 Å². The molecule has 0 heterocycles. The average Bonchev–Trinajstić information content (AvgIpc) is 2.28. The maximum atomic E-state index is 10.0. The largest absolute Gasteiger partial charge is 0.495 e. The predicted molar refractivity (Wildman–Crippen MR) is 63.9 cm³/mol. The summed E-state index contributed by atoms with van der Waals surface area (Å²) in [7, 11) is 1.51. The molecule has 2 atom stereocenters. The molecular weight excluding hydrogens is 228 g/mol. The van der Waals surface area contributed by atoms with Crippen molar-refractivity contribution in [2.45, 2.75) is 32.0 Å². The van der Waals surface area contributed by atoms with Gasteiger partial charge in [0, 0.05) is 0 Å². The Kier molecular flexibility index (Phi) is 4.19. The second-order valence-corrected chi connectivity index (χ2v) is 4.41. The molecule has 0 saturated carbocycles. The first kappa shape index (κ1) is 13.3. The van der Waals surface area contributed by atoms with Crippen LogP contribution in [0.15, 0.2) is 18.2 Å². The molecule has 0 spiro atoms. The molecular formula is C12H17ClO3. The number of aliphatic hydroxyl groups excluding tert-OH is 1. The van der Waals surface area contributed by atoms with E-state index in [1.54, 1.807) is 25.1 Å². The van der Waals surface area contributed by atoms with Crippen molar-refractivity contribution in [2.75, 3.05) is 7.11 Å². The van der Waals surface area contributed by atoms with Gasteiger partial charge >= 0.3 is 0 Å². The Morgan fingerprint density at radius 2 is 2.12 bits per heavy atom. The molecule has 2 unspecified atom stereocenters. The zero-order valence-corrected chi connectivity index (χ0v) is 10.5. The van der Waals surface area contributed by atoms with E-state index >= 15 is 0 Å². The van der Waals surface area contributed by atoms with Gasteiger partial charge in [0.25, 0.3) is 0 Å². The van der Waals surface area contributed by atoms with E-state index in [9.17, 15) is 10.2 Å². The fourth-order valence-corrected chi connectivity index (χ4v) is 1.59. The van der Waals surface area contributed by atoms with Gasteiger partial charge in [0.15, 0.2) is 0 Å². The normalized spacial score (nSPS) is 16.6. The summed E-state index contributed by atoms with van der Waals surface area (Å²) in [4.78, 5) is 0. The van der Waals surface area contributed by atoms with Crippen molar-refractivity contribution in [3.05, 3.63) is 28.8 Å². The first-order valence-corrected chi connectivity index (χ1v) is 5.54. The number of rotatable bonds is 4. The Morgan fingerprint density at radius 3 is 2.62 bits per heavy atom. The van der Waals surface area contributed by atoms with Gasteiger partial charge in [-0.1, -0.05) is 24.6 Å². The van der Waals surface area contributed by atoms with E-state index in [-0.39, 0.29) is 0 Å². The summed E-state index contributed by atoms with van der Waals surface area (Å²) in [5.74, 6) is 0.491. The van der Waals surface area contributed by atoms with Crippen LogP contribution in [-0.4, -0.2) is 22.9 Å². The third-order valence-electron chi connectivity index (χ3n) is 2.80. The van der Waals surface area contributed by atoms with Gasteiger partial charge in [-0.05, 0) is 31.0 Å². The van der Waals surface area contributed by atoms with Gasteiger partial charge in [0.05, 0.1) is 17.7 Å². The third-order valence-corrected chi connectivity index (χ3v) is 3.11. The van der Waals surface area contributed by atoms with E-state index < -0.39 is 11.7 Å². The molecule has 0 aromatic heterocycles. The standard InChI is InChI=1S/C12H17ClO3/c1-4-12(2,15)11(14)8-5-6-9(13)10(7-8)16-3/h5-7,11,14-15H,4H2,1-3H3. The Labute approximate surface area is 101 Å². The number of methoxy groups -OCH3 is 1. The molecule has 0 aliphatic carbocycles. The van der Waals surface area contributed by atoms with Crippen LogP contribution in [-0.2, 0) is 0 Å². The average molecular weight is 245 g/mol. The zero-order valence-electron chi connectivity index (χ0n) is 9.70. The fraction of sp³-hybridized carbons (Fsp3) is 0.500. The Balaban J connectivity index is 3.05. The predicted octanol–water partition coefficient (Wildman–Crippen LogP) is 2.54. The lowest BCUT2D eigenvalue weighted by atomic mass is 9.90. The lowest BCUT2D eigenvalue weighted by molar-refractivity contribution is -0.0659. The molecule has 0 bridgehead atoms. The minimum atomic E-state index is -1.15. The van der Waals surface area contributed by atoms with Crippen molar-refractivity contribution < 1.29 is 14.9 Å². The molecule has 3 nitrogen and oxygen atoms in total. The molecule has 0 saturated heterocycles. The summed E-state index contributed by atoms with van der Waals surface area (Å²) in [6.07, 6.45) is -0.497. The molecule has 0 aliphatic heterocycles. The van der Waals surface area contributed by atoms with Crippen LogP contribution >= 0.6 is 11.6 Å². The second kappa shape index (κ2) is 5.04. The topological polar surface area (TPSA) is 49.7 Å². The van der Waals surface area contributed by atoms with E-state index in [0.29, 0.717) is 22.8 Å². The first-order chi connectivity index (χ1) is 7.42. The van der Waals surface area contributed by atoms with Crippen molar-refractivity contribution in [1.82, 2.24) is 0 Å². The SMILES string of the molecule is CCC(C)(O)C(O)c1ccc(Cl)c(OC)c1. The molecule has 0 amide bonds. The highest BCUT2D eigenvalue weighted by molar-refractivity contribution is 6.32. The van der Waals surface area contributed by atoms with E-state index in [4.69, 9.17) is 16.3 Å². The monoisotopic (exact) mass is 244 g/mol. The van der Waals surface area contributed by atoms with Crippen LogP contribution in [0.1, 0.15) is 31.9 Å². The summed E-state index contributed by atoms with van der Waals surface area (Å²) < 4.78 is 5.06. The highest BCUT2D eigenvalue weighted by Crippen LogP contribution is 2.33. The van der Waals surface area contributed by atoms with Gasteiger partial charge in [-0.3, -0.25) is 0 Å². The van der Waals surface area contributed by atoms with Crippen molar-refractivity contribution in [3.8, 4) is 5.75 Å². The van der Waals surface area contributed by atoms with Crippen molar-refractivity contribution in [2.24, 2.45) is 0 Å². The molecule has 1 aromatic carbocycles. The Morgan fingerprint density at radius 1 is 1.50 bits per heavy atom. The zero-order chi connectivity index (χ0) is 12.3. The second-order valence-electron chi connectivity index (χ2n) is 4.01. The first-order valence-electron chi connectivity index (χ1n) is 5.16. The summed E-state index contributed by atoms with van der Waals surface area (Å²) >= 11 is 5.88. The van der Waals surface area contributed by atoms with Gasteiger partial charge in [-0.2, -0.15) is 0 Å². The van der Waals surface area contributed by atoms with E-state index in [2.05, 4.69) is 0 Å². The highest BCUT2D eigenvalue weighted by Gasteiger charge is 2.29. The minimum absolute atomic E-state index is 0.457. The number of ether oxygens (including phenoxy) is 1. The Hall–Kier alpha value is -0.770. The number of hydrogen-bond acceptors (Lipinski definition) is 3. The molecule has 0 aliphatic rings. The third kappa shape index (κ3) is 2.67. The van der Waals surface area contributed by atoms with Gasteiger partial charge in [-0.25, -0.2) is 0 Å².